The van der Waals surface area contributed by atoms with E-state index in [4.69, 9.17) is 0 Å². The summed E-state index contributed by atoms with van der Waals surface area (Å²) >= 11 is 3.67. The molecule has 1 atom stereocenters. The van der Waals surface area contributed by atoms with Crippen molar-refractivity contribution in [3.63, 3.8) is 0 Å². The van der Waals surface area contributed by atoms with Gasteiger partial charge in [0.2, 0.25) is 0 Å². The van der Waals surface area contributed by atoms with Crippen molar-refractivity contribution in [1.29, 1.82) is 0 Å². The lowest BCUT2D eigenvalue weighted by Gasteiger charge is -2.13. The minimum atomic E-state index is 0.577. The van der Waals surface area contributed by atoms with Gasteiger partial charge in [0.1, 0.15) is 0 Å². The van der Waals surface area contributed by atoms with Crippen molar-refractivity contribution in [2.45, 2.75) is 25.8 Å². The van der Waals surface area contributed by atoms with E-state index >= 15 is 0 Å². The molecule has 1 unspecified atom stereocenters. The molecule has 1 rings (SSSR count). The summed E-state index contributed by atoms with van der Waals surface area (Å²) in [6.45, 7) is 2.05. The van der Waals surface area contributed by atoms with E-state index in [2.05, 4.69) is 28.9 Å². The Kier molecular flexibility index (Phi) is 5.52. The summed E-state index contributed by atoms with van der Waals surface area (Å²) in [5.41, 5.74) is 1.14. The minimum Gasteiger partial charge on any atom is -0.317 e. The predicted molar refractivity (Wildman–Crippen MR) is 66.4 cm³/mol. The van der Waals surface area contributed by atoms with Crippen molar-refractivity contribution in [2.75, 3.05) is 19.1 Å². The number of thioether (sulfide) groups is 1. The first-order valence-electron chi connectivity index (χ1n) is 4.83. The number of hydrogen-bond donors (Lipinski definition) is 1. The normalized spacial score (nSPS) is 13.1. The fraction of sp³-hybridized carbons (Fsp3) is 0.700. The summed E-state index contributed by atoms with van der Waals surface area (Å²) in [7, 11) is 2.03. The number of rotatable bonds is 6. The molecular formula is C10H18N2S2. The van der Waals surface area contributed by atoms with Gasteiger partial charge in [-0.25, -0.2) is 4.98 Å². The molecule has 0 aliphatic carbocycles. The summed E-state index contributed by atoms with van der Waals surface area (Å²) in [5.74, 6) is 1.22. The van der Waals surface area contributed by atoms with Gasteiger partial charge >= 0.3 is 0 Å². The fourth-order valence-corrected chi connectivity index (χ4v) is 2.69. The highest BCUT2D eigenvalue weighted by Gasteiger charge is 2.08. The molecule has 1 aromatic heterocycles. The number of likely N-dealkylation sites (N-methyl/N-ethyl adjacent to an activating group) is 1. The molecule has 0 fully saturated rings. The van der Waals surface area contributed by atoms with Crippen LogP contribution in [0.2, 0.25) is 0 Å². The topological polar surface area (TPSA) is 24.9 Å². The van der Waals surface area contributed by atoms with E-state index in [1.807, 2.05) is 18.8 Å². The molecule has 1 aromatic rings. The fourth-order valence-electron chi connectivity index (χ4n) is 1.32. The van der Waals surface area contributed by atoms with Crippen molar-refractivity contribution in [2.24, 2.45) is 0 Å². The van der Waals surface area contributed by atoms with Gasteiger partial charge in [0.15, 0.2) is 0 Å². The molecule has 0 spiro atoms. The predicted octanol–water partition coefficient (Wildman–Crippen LogP) is 2.34. The van der Waals surface area contributed by atoms with Gasteiger partial charge in [0, 0.05) is 23.5 Å². The molecule has 0 saturated carbocycles. The average molecular weight is 230 g/mol. The van der Waals surface area contributed by atoms with E-state index in [9.17, 15) is 0 Å². The number of nitrogens with one attached hydrogen (secondary N) is 1. The standard InChI is InChI=1S/C10H18N2S2/c1-8-7-14-10(12-8)6-9(11-2)4-5-13-3/h7,9,11H,4-6H2,1-3H3. The van der Waals surface area contributed by atoms with Gasteiger partial charge in [0.05, 0.1) is 5.01 Å². The molecule has 0 bridgehead atoms. The van der Waals surface area contributed by atoms with Crippen molar-refractivity contribution in [3.8, 4) is 0 Å². The average Bonchev–Trinajstić information content (AvgIpc) is 2.58. The first kappa shape index (κ1) is 12.0. The van der Waals surface area contributed by atoms with E-state index in [0.717, 1.165) is 12.1 Å². The second-order valence-electron chi connectivity index (χ2n) is 3.35. The number of aryl methyl sites for hydroxylation is 1. The largest absolute Gasteiger partial charge is 0.317 e. The summed E-state index contributed by atoms with van der Waals surface area (Å²) in [6, 6.07) is 0.577. The van der Waals surface area contributed by atoms with Crippen LogP contribution in [-0.4, -0.2) is 30.1 Å². The van der Waals surface area contributed by atoms with Crippen LogP contribution in [0.1, 0.15) is 17.1 Å². The van der Waals surface area contributed by atoms with Crippen LogP contribution in [0.25, 0.3) is 0 Å². The Morgan fingerprint density at radius 2 is 2.43 bits per heavy atom. The smallest absolute Gasteiger partial charge is 0.0943 e. The zero-order valence-corrected chi connectivity index (χ0v) is 10.7. The second-order valence-corrected chi connectivity index (χ2v) is 5.28. The van der Waals surface area contributed by atoms with Crippen molar-refractivity contribution in [3.05, 3.63) is 16.1 Å². The van der Waals surface area contributed by atoms with Crippen LogP contribution in [0.5, 0.6) is 0 Å². The van der Waals surface area contributed by atoms with Gasteiger partial charge < -0.3 is 5.32 Å². The van der Waals surface area contributed by atoms with Gasteiger partial charge in [-0.05, 0) is 32.4 Å². The lowest BCUT2D eigenvalue weighted by atomic mass is 10.1. The monoisotopic (exact) mass is 230 g/mol. The zero-order chi connectivity index (χ0) is 10.4. The number of nitrogens with zero attached hydrogens (tertiary/aromatic N) is 1. The Bertz CT molecular complexity index is 260. The quantitative estimate of drug-likeness (QED) is 0.812. The minimum absolute atomic E-state index is 0.577. The van der Waals surface area contributed by atoms with Crippen LogP contribution in [0.3, 0.4) is 0 Å². The van der Waals surface area contributed by atoms with Crippen LogP contribution in [0.4, 0.5) is 0 Å². The third kappa shape index (κ3) is 3.98. The maximum absolute atomic E-state index is 4.48. The zero-order valence-electron chi connectivity index (χ0n) is 9.04. The van der Waals surface area contributed by atoms with Crippen LogP contribution in [-0.2, 0) is 6.42 Å². The summed E-state index contributed by atoms with van der Waals surface area (Å²) in [5, 5.41) is 6.72. The van der Waals surface area contributed by atoms with Gasteiger partial charge in [-0.1, -0.05) is 0 Å². The van der Waals surface area contributed by atoms with E-state index in [1.54, 1.807) is 11.3 Å². The molecule has 0 aliphatic heterocycles. The third-order valence-electron chi connectivity index (χ3n) is 2.17. The Balaban J connectivity index is 2.40. The molecule has 4 heteroatoms. The first-order chi connectivity index (χ1) is 6.76. The first-order valence-corrected chi connectivity index (χ1v) is 7.10. The summed E-state index contributed by atoms with van der Waals surface area (Å²) in [4.78, 5) is 4.48. The molecule has 0 radical (unpaired) electrons. The van der Waals surface area contributed by atoms with Gasteiger partial charge in [0.25, 0.3) is 0 Å². The van der Waals surface area contributed by atoms with E-state index < -0.39 is 0 Å². The molecule has 1 heterocycles. The molecule has 0 amide bonds. The molecule has 80 valence electrons. The van der Waals surface area contributed by atoms with Crippen LogP contribution in [0.15, 0.2) is 5.38 Å². The van der Waals surface area contributed by atoms with Crippen molar-refractivity contribution >= 4 is 23.1 Å². The van der Waals surface area contributed by atoms with Crippen molar-refractivity contribution in [1.82, 2.24) is 10.3 Å². The van der Waals surface area contributed by atoms with Gasteiger partial charge in [-0.15, -0.1) is 11.3 Å². The maximum atomic E-state index is 4.48. The Labute approximate surface area is 94.5 Å². The Hall–Kier alpha value is -0.0600. The second kappa shape index (κ2) is 6.43. The summed E-state index contributed by atoms with van der Waals surface area (Å²) in [6.07, 6.45) is 4.44. The molecule has 14 heavy (non-hydrogen) atoms. The van der Waals surface area contributed by atoms with Crippen LogP contribution in [0, 0.1) is 6.92 Å². The number of hydrogen-bond acceptors (Lipinski definition) is 4. The third-order valence-corrected chi connectivity index (χ3v) is 3.80. The van der Waals surface area contributed by atoms with E-state index in [1.165, 1.54) is 17.2 Å². The highest BCUT2D eigenvalue weighted by molar-refractivity contribution is 7.98. The SMILES string of the molecule is CNC(CCSC)Cc1nc(C)cs1. The van der Waals surface area contributed by atoms with Crippen molar-refractivity contribution < 1.29 is 0 Å². The van der Waals surface area contributed by atoms with Crippen LogP contribution < -0.4 is 5.32 Å². The lowest BCUT2D eigenvalue weighted by molar-refractivity contribution is 0.545. The summed E-state index contributed by atoms with van der Waals surface area (Å²) < 4.78 is 0. The molecule has 0 aromatic carbocycles. The van der Waals surface area contributed by atoms with E-state index in [0.29, 0.717) is 6.04 Å². The molecule has 0 aliphatic rings. The van der Waals surface area contributed by atoms with Gasteiger partial charge in [-0.3, -0.25) is 0 Å². The van der Waals surface area contributed by atoms with E-state index in [-0.39, 0.29) is 0 Å². The number of thiazole rings is 1. The highest BCUT2D eigenvalue weighted by Crippen LogP contribution is 2.13. The Morgan fingerprint density at radius 1 is 1.64 bits per heavy atom. The Morgan fingerprint density at radius 3 is 2.93 bits per heavy atom. The number of aromatic nitrogens is 1. The highest BCUT2D eigenvalue weighted by atomic mass is 32.2. The van der Waals surface area contributed by atoms with Gasteiger partial charge in [-0.2, -0.15) is 11.8 Å². The molecular weight excluding hydrogens is 212 g/mol. The lowest BCUT2D eigenvalue weighted by Crippen LogP contribution is -2.28. The maximum Gasteiger partial charge on any atom is 0.0943 e. The van der Waals surface area contributed by atoms with Crippen LogP contribution >= 0.6 is 23.1 Å². The molecule has 1 N–H and O–H groups in total. The molecule has 0 saturated heterocycles. The molecule has 2 nitrogen and oxygen atoms in total.